The summed E-state index contributed by atoms with van der Waals surface area (Å²) in [5.41, 5.74) is 2.16. The molecule has 2 aromatic carbocycles. The van der Waals surface area contributed by atoms with Crippen LogP contribution >= 0.6 is 0 Å². The molecule has 0 bridgehead atoms. The van der Waals surface area contributed by atoms with Crippen molar-refractivity contribution in [1.82, 2.24) is 10.0 Å². The van der Waals surface area contributed by atoms with E-state index in [2.05, 4.69) is 10.0 Å². The molecule has 2 aliphatic heterocycles. The van der Waals surface area contributed by atoms with Crippen LogP contribution in [-0.4, -0.2) is 46.3 Å². The zero-order valence-corrected chi connectivity index (χ0v) is 19.7. The Morgan fingerprint density at radius 3 is 2.85 bits per heavy atom. The molecule has 8 nitrogen and oxygen atoms in total. The van der Waals surface area contributed by atoms with Gasteiger partial charge in [-0.15, -0.1) is 0 Å². The smallest absolute Gasteiger partial charge is 0.251 e. The number of carbonyl (C=O) groups excluding carboxylic acids is 1. The van der Waals surface area contributed by atoms with Crippen LogP contribution in [0.4, 0.5) is 0 Å². The van der Waals surface area contributed by atoms with Gasteiger partial charge < -0.3 is 19.5 Å². The third-order valence-corrected chi connectivity index (χ3v) is 7.17. The van der Waals surface area contributed by atoms with Crippen molar-refractivity contribution in [1.29, 1.82) is 0 Å². The van der Waals surface area contributed by atoms with Crippen molar-refractivity contribution >= 4 is 15.9 Å². The molecule has 0 spiro atoms. The number of ether oxygens (including phenoxy) is 3. The molecule has 2 heterocycles. The number of rotatable bonds is 9. The van der Waals surface area contributed by atoms with Gasteiger partial charge >= 0.3 is 0 Å². The van der Waals surface area contributed by atoms with E-state index in [-0.39, 0.29) is 41.7 Å². The average molecular weight is 475 g/mol. The van der Waals surface area contributed by atoms with Gasteiger partial charge in [0.2, 0.25) is 10.0 Å². The van der Waals surface area contributed by atoms with Gasteiger partial charge in [0.25, 0.3) is 5.91 Å². The highest BCUT2D eigenvalue weighted by atomic mass is 32.2. The molecule has 0 radical (unpaired) electrons. The lowest BCUT2D eigenvalue weighted by molar-refractivity contribution is 0.0950. The average Bonchev–Trinajstić information content (AvgIpc) is 3.45. The summed E-state index contributed by atoms with van der Waals surface area (Å²) in [6.07, 6.45) is 2.59. The molecule has 2 aromatic rings. The minimum atomic E-state index is -3.74. The van der Waals surface area contributed by atoms with E-state index in [0.29, 0.717) is 19.0 Å². The quantitative estimate of drug-likeness (QED) is 0.579. The minimum Gasteiger partial charge on any atom is -0.494 e. The summed E-state index contributed by atoms with van der Waals surface area (Å²) in [5, 5.41) is 2.86. The lowest BCUT2D eigenvalue weighted by Crippen LogP contribution is -2.32. The predicted octanol–water partition coefficient (Wildman–Crippen LogP) is 2.80. The Labute approximate surface area is 194 Å². The van der Waals surface area contributed by atoms with Crippen LogP contribution in [0.3, 0.4) is 0 Å². The highest BCUT2D eigenvalue weighted by molar-refractivity contribution is 7.89. The molecule has 2 N–H and O–H groups in total. The molecule has 1 fully saturated rings. The van der Waals surface area contributed by atoms with E-state index >= 15 is 0 Å². The van der Waals surface area contributed by atoms with Crippen molar-refractivity contribution in [2.24, 2.45) is 0 Å². The number of benzene rings is 2. The fourth-order valence-corrected chi connectivity index (χ4v) is 5.19. The van der Waals surface area contributed by atoms with E-state index in [1.165, 1.54) is 12.1 Å². The van der Waals surface area contributed by atoms with Crippen LogP contribution in [0, 0.1) is 0 Å². The fourth-order valence-electron chi connectivity index (χ4n) is 4.08. The minimum absolute atomic E-state index is 0.0445. The Bertz CT molecular complexity index is 1110. The summed E-state index contributed by atoms with van der Waals surface area (Å²) < 4.78 is 45.0. The van der Waals surface area contributed by atoms with Gasteiger partial charge in [0.15, 0.2) is 0 Å². The molecular formula is C24H30N2O6S. The number of amides is 1. The maximum Gasteiger partial charge on any atom is 0.251 e. The Morgan fingerprint density at radius 1 is 1.24 bits per heavy atom. The van der Waals surface area contributed by atoms with Gasteiger partial charge in [0, 0.05) is 42.8 Å². The normalized spacial score (nSPS) is 19.7. The van der Waals surface area contributed by atoms with E-state index in [1.54, 1.807) is 12.1 Å². The Hall–Kier alpha value is -2.62. The first-order valence-electron chi connectivity index (χ1n) is 11.3. The van der Waals surface area contributed by atoms with Gasteiger partial charge in [-0.1, -0.05) is 6.07 Å². The Morgan fingerprint density at radius 2 is 2.09 bits per heavy atom. The molecule has 2 aliphatic rings. The summed E-state index contributed by atoms with van der Waals surface area (Å²) in [6.45, 7) is 5.54. The van der Waals surface area contributed by atoms with E-state index < -0.39 is 10.0 Å². The van der Waals surface area contributed by atoms with Gasteiger partial charge in [-0.2, -0.15) is 0 Å². The highest BCUT2D eigenvalue weighted by Crippen LogP contribution is 2.35. The fraction of sp³-hybridized carbons (Fsp3) is 0.458. The van der Waals surface area contributed by atoms with Gasteiger partial charge in [0.1, 0.15) is 17.6 Å². The first-order chi connectivity index (χ1) is 15.9. The van der Waals surface area contributed by atoms with Crippen LogP contribution in [0.2, 0.25) is 0 Å². The second-order valence-electron chi connectivity index (χ2n) is 8.33. The third kappa shape index (κ3) is 5.66. The zero-order valence-electron chi connectivity index (χ0n) is 18.9. The monoisotopic (exact) mass is 474 g/mol. The Balaban J connectivity index is 1.43. The summed E-state index contributed by atoms with van der Waals surface area (Å²) in [6, 6.07) is 9.87. The molecule has 2 atom stereocenters. The molecule has 1 amide bonds. The van der Waals surface area contributed by atoms with Crippen LogP contribution in [0.25, 0.3) is 0 Å². The number of carbonyl (C=O) groups is 1. The van der Waals surface area contributed by atoms with Gasteiger partial charge in [-0.05, 0) is 57.0 Å². The van der Waals surface area contributed by atoms with Crippen molar-refractivity contribution in [2.75, 3.05) is 19.8 Å². The van der Waals surface area contributed by atoms with Crippen LogP contribution in [-0.2, 0) is 27.7 Å². The van der Waals surface area contributed by atoms with Gasteiger partial charge in [0.05, 0.1) is 17.6 Å². The zero-order chi connectivity index (χ0) is 23.4. The maximum atomic E-state index is 12.8. The molecule has 2 unspecified atom stereocenters. The van der Waals surface area contributed by atoms with E-state index in [1.807, 2.05) is 26.0 Å². The van der Waals surface area contributed by atoms with Gasteiger partial charge in [-0.25, -0.2) is 13.1 Å². The molecule has 0 aromatic heterocycles. The molecule has 33 heavy (non-hydrogen) atoms. The second kappa shape index (κ2) is 10.1. The van der Waals surface area contributed by atoms with Crippen molar-refractivity contribution in [3.63, 3.8) is 0 Å². The van der Waals surface area contributed by atoms with Crippen molar-refractivity contribution in [3.8, 4) is 11.5 Å². The summed E-state index contributed by atoms with van der Waals surface area (Å²) in [5.74, 6) is 1.15. The van der Waals surface area contributed by atoms with E-state index in [4.69, 9.17) is 14.2 Å². The van der Waals surface area contributed by atoms with E-state index in [9.17, 15) is 13.2 Å². The number of fused-ring (bicyclic) bond motifs is 1. The summed E-state index contributed by atoms with van der Waals surface area (Å²) in [7, 11) is -3.74. The molecule has 0 aliphatic carbocycles. The van der Waals surface area contributed by atoms with Crippen LogP contribution in [0.1, 0.15) is 48.2 Å². The summed E-state index contributed by atoms with van der Waals surface area (Å²) in [4.78, 5) is 12.8. The first-order valence-corrected chi connectivity index (χ1v) is 12.8. The van der Waals surface area contributed by atoms with E-state index in [0.717, 1.165) is 36.1 Å². The topological polar surface area (TPSA) is 103 Å². The molecule has 0 saturated carbocycles. The predicted molar refractivity (Wildman–Crippen MR) is 123 cm³/mol. The SMILES string of the molecule is CCOc1cc2c(cc1CNC(=O)c1cccc(S(=O)(=O)NCC3CCCO3)c1)OC(C)C2. The second-order valence-corrected chi connectivity index (χ2v) is 10.1. The maximum absolute atomic E-state index is 12.8. The molecule has 1 saturated heterocycles. The third-order valence-electron chi connectivity index (χ3n) is 5.75. The van der Waals surface area contributed by atoms with Crippen LogP contribution in [0.15, 0.2) is 41.3 Å². The Kier molecular flexibility index (Phi) is 7.21. The van der Waals surface area contributed by atoms with Crippen molar-refractivity contribution in [3.05, 3.63) is 53.1 Å². The lowest BCUT2D eigenvalue weighted by Gasteiger charge is -2.14. The van der Waals surface area contributed by atoms with Crippen molar-refractivity contribution < 1.29 is 27.4 Å². The van der Waals surface area contributed by atoms with Gasteiger partial charge in [-0.3, -0.25) is 4.79 Å². The van der Waals surface area contributed by atoms with Crippen molar-refractivity contribution in [2.45, 2.75) is 56.8 Å². The van der Waals surface area contributed by atoms with Crippen LogP contribution < -0.4 is 19.5 Å². The van der Waals surface area contributed by atoms with Crippen LogP contribution in [0.5, 0.6) is 11.5 Å². The lowest BCUT2D eigenvalue weighted by atomic mass is 10.1. The molecule has 178 valence electrons. The first kappa shape index (κ1) is 23.5. The molecular weight excluding hydrogens is 444 g/mol. The summed E-state index contributed by atoms with van der Waals surface area (Å²) >= 11 is 0. The number of sulfonamides is 1. The molecule has 4 rings (SSSR count). The number of hydrogen-bond donors (Lipinski definition) is 2. The largest absolute Gasteiger partial charge is 0.494 e. The molecule has 9 heteroatoms. The standard InChI is InChI=1S/C24H30N2O6S/c1-3-30-22-12-18-10-16(2)32-23(18)13-19(22)14-25-24(27)17-6-4-8-21(11-17)33(28,29)26-15-20-7-5-9-31-20/h4,6,8,11-13,16,20,26H,3,5,7,9-10,14-15H2,1-2H3,(H,25,27). The number of hydrogen-bond acceptors (Lipinski definition) is 6. The highest BCUT2D eigenvalue weighted by Gasteiger charge is 2.23. The number of nitrogens with one attached hydrogen (secondary N) is 2.